The van der Waals surface area contributed by atoms with Crippen LogP contribution in [0.2, 0.25) is 0 Å². The van der Waals surface area contributed by atoms with Crippen molar-refractivity contribution in [1.29, 1.82) is 0 Å². The van der Waals surface area contributed by atoms with Crippen molar-refractivity contribution in [3.05, 3.63) is 0 Å². The van der Waals surface area contributed by atoms with Crippen molar-refractivity contribution < 1.29 is 19.8 Å². The van der Waals surface area contributed by atoms with Crippen molar-refractivity contribution >= 4 is 12.0 Å². The highest BCUT2D eigenvalue weighted by atomic mass is 16.4. The summed E-state index contributed by atoms with van der Waals surface area (Å²) in [6.45, 7) is 3.23. The summed E-state index contributed by atoms with van der Waals surface area (Å²) in [6.07, 6.45) is 2.99. The lowest BCUT2D eigenvalue weighted by molar-refractivity contribution is -0.141. The molecular weight excluding hydrogens is 248 g/mol. The number of carboxylic acids is 1. The maximum absolute atomic E-state index is 12.0. The molecule has 0 saturated heterocycles. The van der Waals surface area contributed by atoms with Gasteiger partial charge in [-0.2, -0.15) is 0 Å². The van der Waals surface area contributed by atoms with Crippen LogP contribution < -0.4 is 5.32 Å². The Kier molecular flexibility index (Phi) is 5.60. The van der Waals surface area contributed by atoms with Gasteiger partial charge in [0.15, 0.2) is 0 Å². The fourth-order valence-electron chi connectivity index (χ4n) is 2.33. The third kappa shape index (κ3) is 4.09. The monoisotopic (exact) mass is 272 g/mol. The van der Waals surface area contributed by atoms with Gasteiger partial charge in [-0.1, -0.05) is 12.8 Å². The molecule has 0 aromatic carbocycles. The molecule has 0 radical (unpaired) electrons. The Morgan fingerprint density at radius 1 is 1.26 bits per heavy atom. The summed E-state index contributed by atoms with van der Waals surface area (Å²) in [5.41, 5.74) is 0. The zero-order valence-corrected chi connectivity index (χ0v) is 11.8. The Bertz CT molecular complexity index is 335. The summed E-state index contributed by atoms with van der Waals surface area (Å²) in [5, 5.41) is 21.5. The highest BCUT2D eigenvalue weighted by molar-refractivity contribution is 5.76. The predicted molar refractivity (Wildman–Crippen MR) is 70.8 cm³/mol. The second-order valence-corrected chi connectivity index (χ2v) is 5.40. The van der Waals surface area contributed by atoms with Crippen molar-refractivity contribution in [2.75, 3.05) is 7.05 Å². The number of rotatable bonds is 4. The number of urea groups is 1. The first kappa shape index (κ1) is 15.8. The summed E-state index contributed by atoms with van der Waals surface area (Å²) in [7, 11) is 1.65. The van der Waals surface area contributed by atoms with Gasteiger partial charge < -0.3 is 20.4 Å². The third-order valence-electron chi connectivity index (χ3n) is 4.00. The molecule has 1 fully saturated rings. The van der Waals surface area contributed by atoms with Crippen molar-refractivity contribution in [3.63, 3.8) is 0 Å². The van der Waals surface area contributed by atoms with Crippen LogP contribution in [0.1, 0.15) is 39.5 Å². The van der Waals surface area contributed by atoms with Crippen molar-refractivity contribution in [2.45, 2.75) is 57.7 Å². The first-order valence-corrected chi connectivity index (χ1v) is 6.78. The average Bonchev–Trinajstić information content (AvgIpc) is 2.37. The highest BCUT2D eigenvalue weighted by Gasteiger charge is 2.30. The Labute approximate surface area is 113 Å². The van der Waals surface area contributed by atoms with E-state index in [-0.39, 0.29) is 12.1 Å². The Morgan fingerprint density at radius 3 is 2.37 bits per heavy atom. The molecule has 4 unspecified atom stereocenters. The molecule has 0 spiro atoms. The van der Waals surface area contributed by atoms with E-state index in [9.17, 15) is 14.7 Å². The zero-order chi connectivity index (χ0) is 14.6. The molecule has 19 heavy (non-hydrogen) atoms. The fourth-order valence-corrected chi connectivity index (χ4v) is 2.33. The molecule has 1 rings (SSSR count). The van der Waals surface area contributed by atoms with E-state index in [0.717, 1.165) is 19.3 Å². The van der Waals surface area contributed by atoms with Crippen LogP contribution >= 0.6 is 0 Å². The second-order valence-electron chi connectivity index (χ2n) is 5.40. The Morgan fingerprint density at radius 2 is 1.84 bits per heavy atom. The van der Waals surface area contributed by atoms with Gasteiger partial charge in [0.25, 0.3) is 0 Å². The number of amides is 2. The number of nitrogens with one attached hydrogen (secondary N) is 1. The molecule has 3 N–H and O–H groups in total. The van der Waals surface area contributed by atoms with Gasteiger partial charge in [-0.3, -0.25) is 4.79 Å². The molecule has 110 valence electrons. The quantitative estimate of drug-likeness (QED) is 0.713. The molecule has 0 aromatic rings. The first-order chi connectivity index (χ1) is 8.84. The molecule has 6 heteroatoms. The SMILES string of the molecule is CC(NC(=O)N(C)C1CCCCC1O)C(C)C(=O)O. The predicted octanol–water partition coefficient (Wildman–Crippen LogP) is 1.04. The molecule has 0 aromatic heterocycles. The van der Waals surface area contributed by atoms with E-state index in [0.29, 0.717) is 6.42 Å². The van der Waals surface area contributed by atoms with Gasteiger partial charge >= 0.3 is 12.0 Å². The summed E-state index contributed by atoms with van der Waals surface area (Å²) >= 11 is 0. The van der Waals surface area contributed by atoms with Crippen molar-refractivity contribution in [1.82, 2.24) is 10.2 Å². The zero-order valence-electron chi connectivity index (χ0n) is 11.8. The van der Waals surface area contributed by atoms with Gasteiger partial charge in [0.1, 0.15) is 0 Å². The van der Waals surface area contributed by atoms with E-state index in [1.165, 1.54) is 4.90 Å². The molecule has 0 heterocycles. The minimum absolute atomic E-state index is 0.180. The summed E-state index contributed by atoms with van der Waals surface area (Å²) < 4.78 is 0. The van der Waals surface area contributed by atoms with E-state index in [1.54, 1.807) is 20.9 Å². The number of carboxylic acid groups (broad SMARTS) is 1. The lowest BCUT2D eigenvalue weighted by atomic mass is 9.92. The van der Waals surface area contributed by atoms with Crippen LogP contribution in [0.3, 0.4) is 0 Å². The number of aliphatic hydroxyl groups is 1. The standard InChI is InChI=1S/C13H24N2O4/c1-8(12(17)18)9(2)14-13(19)15(3)10-6-4-5-7-11(10)16/h8-11,16H,4-7H2,1-3H3,(H,14,19)(H,17,18). The second kappa shape index (κ2) is 6.75. The number of hydrogen-bond acceptors (Lipinski definition) is 3. The molecule has 2 amide bonds. The van der Waals surface area contributed by atoms with Gasteiger partial charge in [-0.05, 0) is 26.7 Å². The highest BCUT2D eigenvalue weighted by Crippen LogP contribution is 2.22. The fraction of sp³-hybridized carbons (Fsp3) is 0.846. The van der Waals surface area contributed by atoms with E-state index < -0.39 is 24.0 Å². The van der Waals surface area contributed by atoms with Gasteiger partial charge in [0.05, 0.1) is 18.1 Å². The van der Waals surface area contributed by atoms with Crippen molar-refractivity contribution in [2.24, 2.45) is 5.92 Å². The molecule has 0 bridgehead atoms. The Hall–Kier alpha value is -1.30. The number of likely N-dealkylation sites (N-methyl/N-ethyl adjacent to an activating group) is 1. The van der Waals surface area contributed by atoms with Crippen LogP contribution in [0.5, 0.6) is 0 Å². The van der Waals surface area contributed by atoms with Gasteiger partial charge in [-0.15, -0.1) is 0 Å². The number of aliphatic carboxylic acids is 1. The molecule has 1 saturated carbocycles. The normalized spacial score (nSPS) is 26.3. The lowest BCUT2D eigenvalue weighted by Crippen LogP contribution is -2.53. The summed E-state index contributed by atoms with van der Waals surface area (Å²) in [5.74, 6) is -1.58. The van der Waals surface area contributed by atoms with Crippen LogP contribution in [0.4, 0.5) is 4.79 Å². The molecule has 1 aliphatic rings. The first-order valence-electron chi connectivity index (χ1n) is 6.78. The summed E-state index contributed by atoms with van der Waals surface area (Å²) in [4.78, 5) is 24.4. The topological polar surface area (TPSA) is 89.9 Å². The smallest absolute Gasteiger partial charge is 0.317 e. The largest absolute Gasteiger partial charge is 0.481 e. The van der Waals surface area contributed by atoms with E-state index >= 15 is 0 Å². The van der Waals surface area contributed by atoms with Gasteiger partial charge in [0, 0.05) is 13.1 Å². The number of aliphatic hydroxyl groups excluding tert-OH is 1. The van der Waals surface area contributed by atoms with Crippen LogP contribution in [0.25, 0.3) is 0 Å². The number of nitrogens with zero attached hydrogens (tertiary/aromatic N) is 1. The number of hydrogen-bond donors (Lipinski definition) is 3. The summed E-state index contributed by atoms with van der Waals surface area (Å²) in [6, 6.07) is -0.958. The molecule has 6 nitrogen and oxygen atoms in total. The van der Waals surface area contributed by atoms with Crippen LogP contribution in [0.15, 0.2) is 0 Å². The minimum Gasteiger partial charge on any atom is -0.481 e. The van der Waals surface area contributed by atoms with Gasteiger partial charge in [-0.25, -0.2) is 4.79 Å². The maximum Gasteiger partial charge on any atom is 0.317 e. The Balaban J connectivity index is 2.54. The van der Waals surface area contributed by atoms with Gasteiger partial charge in [0.2, 0.25) is 0 Å². The molecule has 0 aliphatic heterocycles. The third-order valence-corrected chi connectivity index (χ3v) is 4.00. The number of carbonyl (C=O) groups excluding carboxylic acids is 1. The van der Waals surface area contributed by atoms with Crippen LogP contribution in [0, 0.1) is 5.92 Å². The lowest BCUT2D eigenvalue weighted by Gasteiger charge is -2.36. The van der Waals surface area contributed by atoms with E-state index in [2.05, 4.69) is 5.32 Å². The van der Waals surface area contributed by atoms with Crippen LogP contribution in [-0.2, 0) is 4.79 Å². The maximum atomic E-state index is 12.0. The van der Waals surface area contributed by atoms with Crippen molar-refractivity contribution in [3.8, 4) is 0 Å². The molecule has 1 aliphatic carbocycles. The van der Waals surface area contributed by atoms with E-state index in [1.807, 2.05) is 0 Å². The van der Waals surface area contributed by atoms with Crippen LogP contribution in [-0.4, -0.2) is 52.3 Å². The molecular formula is C13H24N2O4. The number of carbonyl (C=O) groups is 2. The molecule has 4 atom stereocenters. The van der Waals surface area contributed by atoms with E-state index in [4.69, 9.17) is 5.11 Å². The average molecular weight is 272 g/mol. The minimum atomic E-state index is -0.937.